The molecule has 9 atom stereocenters. The van der Waals surface area contributed by atoms with E-state index in [1.165, 1.54) is 23.0 Å². The van der Waals surface area contributed by atoms with Gasteiger partial charge < -0.3 is 46.1 Å². The monoisotopic (exact) mass is 626 g/mol. The van der Waals surface area contributed by atoms with Gasteiger partial charge in [-0.2, -0.15) is 0 Å². The van der Waals surface area contributed by atoms with Gasteiger partial charge in [0.1, 0.15) is 61.8 Å². The number of hydrogen-bond acceptors (Lipinski definition) is 15. The number of hydrogen-bond donors (Lipinski definition) is 7. The van der Waals surface area contributed by atoms with Crippen molar-refractivity contribution in [3.05, 3.63) is 52.5 Å². The lowest BCUT2D eigenvalue weighted by atomic mass is 10.00. The topological polar surface area (TPSA) is 263 Å². The second kappa shape index (κ2) is 13.9. The van der Waals surface area contributed by atoms with Gasteiger partial charge in [-0.25, -0.2) is 15.0 Å². The van der Waals surface area contributed by atoms with Crippen LogP contribution in [0.2, 0.25) is 0 Å². The molecule has 240 valence electrons. The Labute approximate surface area is 256 Å². The van der Waals surface area contributed by atoms with E-state index >= 15 is 0 Å². The number of amides is 1. The van der Waals surface area contributed by atoms with Gasteiger partial charge in [0, 0.05) is 12.1 Å². The quantitative estimate of drug-likeness (QED) is 0.0722. The first-order chi connectivity index (χ1) is 21.6. The molecule has 1 amide bonds. The fourth-order valence-electron chi connectivity index (χ4n) is 5.25. The average molecular weight is 627 g/mol. The first-order valence-corrected chi connectivity index (χ1v) is 14.2. The Bertz CT molecular complexity index is 1590. The van der Waals surface area contributed by atoms with Gasteiger partial charge in [-0.15, -0.1) is 4.91 Å². The summed E-state index contributed by atoms with van der Waals surface area (Å²) in [6.07, 6.45) is -8.14. The summed E-state index contributed by atoms with van der Waals surface area (Å²) in [5.41, 5.74) is 12.5. The number of anilines is 1. The van der Waals surface area contributed by atoms with Crippen molar-refractivity contribution in [3.63, 3.8) is 0 Å². The summed E-state index contributed by atoms with van der Waals surface area (Å²) in [7, 11) is 0. The number of primary amides is 1. The number of aromatic nitrogens is 4. The van der Waals surface area contributed by atoms with Crippen molar-refractivity contribution in [1.29, 1.82) is 0 Å². The number of nitrogens with zero attached hydrogens (tertiary/aromatic N) is 5. The largest absolute Gasteiger partial charge is 0.387 e. The highest BCUT2D eigenvalue weighted by Crippen LogP contribution is 2.35. The Kier molecular flexibility index (Phi) is 9.96. The van der Waals surface area contributed by atoms with Crippen LogP contribution in [0.3, 0.4) is 0 Å². The van der Waals surface area contributed by atoms with Crippen LogP contribution in [-0.2, 0) is 14.2 Å². The minimum absolute atomic E-state index is 0.0405. The fourth-order valence-corrected chi connectivity index (χ4v) is 5.25. The van der Waals surface area contributed by atoms with E-state index in [1.54, 1.807) is 19.1 Å². The molecule has 9 unspecified atom stereocenters. The van der Waals surface area contributed by atoms with Gasteiger partial charge in [0.05, 0.1) is 6.61 Å². The number of ether oxygens (including phenoxy) is 3. The summed E-state index contributed by atoms with van der Waals surface area (Å²) in [6, 6.07) is 6.28. The molecule has 0 spiro atoms. The summed E-state index contributed by atoms with van der Waals surface area (Å²) < 4.78 is 18.8. The zero-order valence-corrected chi connectivity index (χ0v) is 24.1. The van der Waals surface area contributed by atoms with Crippen LogP contribution in [0.15, 0.2) is 35.8 Å². The van der Waals surface area contributed by atoms with Crippen molar-refractivity contribution in [3.8, 4) is 11.8 Å². The highest BCUT2D eigenvalue weighted by molar-refractivity contribution is 5.92. The van der Waals surface area contributed by atoms with Crippen molar-refractivity contribution in [1.82, 2.24) is 24.8 Å². The van der Waals surface area contributed by atoms with Crippen molar-refractivity contribution in [2.45, 2.75) is 68.5 Å². The molecule has 1 aromatic carbocycles. The lowest BCUT2D eigenvalue weighted by Crippen LogP contribution is -2.40. The highest BCUT2D eigenvalue weighted by Gasteiger charge is 2.45. The van der Waals surface area contributed by atoms with Gasteiger partial charge in [-0.1, -0.05) is 30.2 Å². The molecule has 0 bridgehead atoms. The zero-order valence-electron chi connectivity index (χ0n) is 24.1. The average Bonchev–Trinajstić information content (AvgIpc) is 3.64. The van der Waals surface area contributed by atoms with Crippen molar-refractivity contribution < 1.29 is 39.4 Å². The van der Waals surface area contributed by atoms with Gasteiger partial charge >= 0.3 is 0 Å². The molecular formula is C28H34N8O9. The molecule has 2 aromatic heterocycles. The van der Waals surface area contributed by atoms with Gasteiger partial charge in [0.2, 0.25) is 5.91 Å². The van der Waals surface area contributed by atoms with Crippen LogP contribution in [0.25, 0.3) is 11.2 Å². The number of carbonyl (C=O) groups excluding carboxylic acids is 1. The first-order valence-electron chi connectivity index (χ1n) is 14.2. The molecule has 45 heavy (non-hydrogen) atoms. The number of nitrogen functional groups attached to an aromatic ring is 1. The van der Waals surface area contributed by atoms with Crippen LogP contribution in [0.4, 0.5) is 5.82 Å². The fraction of sp³-hybridized carbons (Fsp3) is 0.500. The van der Waals surface area contributed by atoms with E-state index in [9.17, 15) is 30.1 Å². The molecule has 2 fully saturated rings. The maximum Gasteiger partial charge on any atom is 0.248 e. The molecular weight excluding hydrogens is 592 g/mol. The third-order valence-electron chi connectivity index (χ3n) is 7.68. The zero-order chi connectivity index (χ0) is 32.2. The number of nitrogens with one attached hydrogen (secondary N) is 1. The van der Waals surface area contributed by atoms with E-state index in [0.29, 0.717) is 12.0 Å². The first kappa shape index (κ1) is 32.3. The minimum atomic E-state index is -1.41. The van der Waals surface area contributed by atoms with E-state index in [1.807, 2.05) is 0 Å². The second-order valence-corrected chi connectivity index (χ2v) is 10.6. The molecule has 2 aliphatic heterocycles. The number of nitroso groups, excluding NO2 is 1. The Balaban J connectivity index is 1.27. The normalized spacial score (nSPS) is 28.6. The molecule has 5 rings (SSSR count). The Hall–Kier alpha value is -4.12. The van der Waals surface area contributed by atoms with Crippen molar-refractivity contribution in [2.75, 3.05) is 25.5 Å². The molecule has 0 saturated carbocycles. The van der Waals surface area contributed by atoms with Crippen LogP contribution in [-0.4, -0.2) is 108 Å². The molecule has 17 nitrogen and oxygen atoms in total. The maximum atomic E-state index is 11.5. The molecule has 9 N–H and O–H groups in total. The molecule has 0 radical (unpaired) electrons. The lowest BCUT2D eigenvalue weighted by molar-refractivity contribution is -0.0392. The Morgan fingerprint density at radius 3 is 2.67 bits per heavy atom. The Morgan fingerprint density at radius 2 is 1.93 bits per heavy atom. The van der Waals surface area contributed by atoms with Crippen LogP contribution in [0.1, 0.15) is 47.4 Å². The standard InChI is InChI=1S/C28H34N8O9/c1-2-17(35-42)31-10-15-20(37)23(40)28(45-15)36-18(34-19-25(29)32-12-33-27(19)36)7-4-8-43-11-16-21(38)22(39)24(44-16)13-5-3-6-14(9-13)26(30)41/h3,5-6,9,12,15-17,20-24,28,31,37-40H,2,8,10-11H2,1H3,(H2,30,41)(H2,29,32,33). The number of carbonyl (C=O) groups is 1. The lowest BCUT2D eigenvalue weighted by Gasteiger charge is -2.18. The third-order valence-corrected chi connectivity index (χ3v) is 7.68. The number of benzene rings is 1. The van der Waals surface area contributed by atoms with E-state index in [4.69, 9.17) is 25.7 Å². The predicted molar refractivity (Wildman–Crippen MR) is 156 cm³/mol. The SMILES string of the molecule is CCC(N=O)NCC1OC(n2c(C#CCOCC3OC(c4cccc(C(N)=O)c4)C(O)C3O)nc3c(N)ncnc32)C(O)C1O. The maximum absolute atomic E-state index is 11.5. The van der Waals surface area contributed by atoms with Gasteiger partial charge in [-0.05, 0) is 30.0 Å². The summed E-state index contributed by atoms with van der Waals surface area (Å²) in [6.45, 7) is 1.55. The van der Waals surface area contributed by atoms with Crippen LogP contribution >= 0.6 is 0 Å². The van der Waals surface area contributed by atoms with Gasteiger partial charge in [0.15, 0.2) is 29.0 Å². The number of rotatable bonds is 11. The van der Waals surface area contributed by atoms with E-state index in [0.717, 1.165) is 0 Å². The number of fused-ring (bicyclic) bond motifs is 1. The second-order valence-electron chi connectivity index (χ2n) is 10.6. The summed E-state index contributed by atoms with van der Waals surface area (Å²) in [5.74, 6) is 5.15. The van der Waals surface area contributed by atoms with Crippen LogP contribution < -0.4 is 16.8 Å². The highest BCUT2D eigenvalue weighted by atomic mass is 16.6. The van der Waals surface area contributed by atoms with E-state index < -0.39 is 61.0 Å². The molecule has 4 heterocycles. The number of aliphatic hydroxyl groups excluding tert-OH is 4. The summed E-state index contributed by atoms with van der Waals surface area (Å²) in [4.78, 5) is 35.1. The number of imidazole rings is 1. The molecule has 3 aromatic rings. The van der Waals surface area contributed by atoms with E-state index in [-0.39, 0.29) is 48.1 Å². The Morgan fingerprint density at radius 1 is 1.16 bits per heavy atom. The number of nitrogens with two attached hydrogens (primary N) is 2. The molecule has 2 aliphatic rings. The number of aliphatic hydroxyl groups is 4. The minimum Gasteiger partial charge on any atom is -0.387 e. The van der Waals surface area contributed by atoms with E-state index in [2.05, 4.69) is 37.3 Å². The summed E-state index contributed by atoms with van der Waals surface area (Å²) in [5, 5.41) is 48.5. The van der Waals surface area contributed by atoms with Gasteiger partial charge in [-0.3, -0.25) is 14.7 Å². The summed E-state index contributed by atoms with van der Waals surface area (Å²) >= 11 is 0. The van der Waals surface area contributed by atoms with Crippen LogP contribution in [0.5, 0.6) is 0 Å². The predicted octanol–water partition coefficient (Wildman–Crippen LogP) is -1.55. The van der Waals surface area contributed by atoms with Crippen LogP contribution in [0, 0.1) is 16.7 Å². The molecule has 2 saturated heterocycles. The third kappa shape index (κ3) is 6.63. The smallest absolute Gasteiger partial charge is 0.248 e. The van der Waals surface area contributed by atoms with Gasteiger partial charge in [0.25, 0.3) is 0 Å². The van der Waals surface area contributed by atoms with Crippen molar-refractivity contribution >= 4 is 22.9 Å². The molecule has 0 aliphatic carbocycles. The molecule has 17 heteroatoms. The van der Waals surface area contributed by atoms with Crippen molar-refractivity contribution in [2.24, 2.45) is 10.9 Å².